The molecular formula is C17H26N4O2S. The van der Waals surface area contributed by atoms with Crippen LogP contribution in [0.25, 0.3) is 0 Å². The van der Waals surface area contributed by atoms with Crippen LogP contribution in [0.4, 0.5) is 5.13 Å². The summed E-state index contributed by atoms with van der Waals surface area (Å²) in [5, 5.41) is 20.5. The van der Waals surface area contributed by atoms with Gasteiger partial charge in [-0.15, -0.1) is 10.2 Å². The summed E-state index contributed by atoms with van der Waals surface area (Å²) >= 11 is 1.61. The average Bonchev–Trinajstić information content (AvgIpc) is 3.28. The molecule has 2 aliphatic heterocycles. The van der Waals surface area contributed by atoms with E-state index in [-0.39, 0.29) is 5.92 Å². The third kappa shape index (κ3) is 2.52. The lowest BCUT2D eigenvalue weighted by atomic mass is 9.81. The summed E-state index contributed by atoms with van der Waals surface area (Å²) in [5.74, 6) is -0.0734. The first kappa shape index (κ1) is 16.3. The summed E-state index contributed by atoms with van der Waals surface area (Å²) in [6.45, 7) is 7.21. The molecule has 0 radical (unpaired) electrons. The van der Waals surface area contributed by atoms with E-state index in [0.717, 1.165) is 23.2 Å². The highest BCUT2D eigenvalue weighted by Crippen LogP contribution is 2.46. The second-order valence-electron chi connectivity index (χ2n) is 7.98. The molecule has 1 saturated carbocycles. The maximum absolute atomic E-state index is 12.2. The Bertz CT molecular complexity index is 628. The van der Waals surface area contributed by atoms with Gasteiger partial charge in [-0.3, -0.25) is 9.69 Å². The van der Waals surface area contributed by atoms with Crippen molar-refractivity contribution in [1.82, 2.24) is 15.1 Å². The van der Waals surface area contributed by atoms with Crippen molar-refractivity contribution in [2.75, 3.05) is 31.1 Å². The normalized spacial score (nSPS) is 31.3. The van der Waals surface area contributed by atoms with Gasteiger partial charge >= 0.3 is 5.97 Å². The van der Waals surface area contributed by atoms with Crippen LogP contribution in [0.1, 0.15) is 50.5 Å². The van der Waals surface area contributed by atoms with E-state index < -0.39 is 11.4 Å². The molecule has 0 spiro atoms. The smallest absolute Gasteiger partial charge is 0.313 e. The number of aliphatic carboxylic acids is 1. The van der Waals surface area contributed by atoms with Gasteiger partial charge < -0.3 is 10.0 Å². The predicted molar refractivity (Wildman–Crippen MR) is 93.6 cm³/mol. The Morgan fingerprint density at radius 1 is 1.25 bits per heavy atom. The van der Waals surface area contributed by atoms with Gasteiger partial charge in [0.25, 0.3) is 0 Å². The minimum atomic E-state index is -0.635. The van der Waals surface area contributed by atoms with Gasteiger partial charge in [0.2, 0.25) is 5.13 Å². The van der Waals surface area contributed by atoms with Gasteiger partial charge in [0, 0.05) is 44.1 Å². The van der Waals surface area contributed by atoms with Crippen molar-refractivity contribution in [2.24, 2.45) is 11.3 Å². The minimum absolute atomic E-state index is 0.196. The molecule has 0 amide bonds. The third-order valence-corrected chi connectivity index (χ3v) is 7.38. The SMILES string of the molecule is CC(C)c1nnc(N2C[C@@H]3CN(C4CCCC4)C[C@]3(C(=O)O)C2)s1. The Morgan fingerprint density at radius 2 is 2.00 bits per heavy atom. The van der Waals surface area contributed by atoms with Crippen LogP contribution in [0, 0.1) is 11.3 Å². The van der Waals surface area contributed by atoms with E-state index in [0.29, 0.717) is 25.0 Å². The van der Waals surface area contributed by atoms with Crippen LogP contribution < -0.4 is 4.90 Å². The van der Waals surface area contributed by atoms with Crippen molar-refractivity contribution in [3.05, 3.63) is 5.01 Å². The van der Waals surface area contributed by atoms with E-state index >= 15 is 0 Å². The number of likely N-dealkylation sites (tertiary alicyclic amines) is 1. The van der Waals surface area contributed by atoms with Gasteiger partial charge in [-0.2, -0.15) is 0 Å². The number of nitrogens with zero attached hydrogens (tertiary/aromatic N) is 4. The van der Waals surface area contributed by atoms with Crippen molar-refractivity contribution < 1.29 is 9.90 Å². The molecule has 1 N–H and O–H groups in total. The van der Waals surface area contributed by atoms with Crippen LogP contribution in [0.15, 0.2) is 0 Å². The Hall–Kier alpha value is -1.21. The van der Waals surface area contributed by atoms with E-state index in [9.17, 15) is 9.90 Å². The molecule has 0 bridgehead atoms. The zero-order chi connectivity index (χ0) is 16.9. The number of anilines is 1. The first-order valence-electron chi connectivity index (χ1n) is 9.05. The molecule has 3 aliphatic rings. The average molecular weight is 350 g/mol. The minimum Gasteiger partial charge on any atom is -0.481 e. The number of carboxylic acids is 1. The van der Waals surface area contributed by atoms with E-state index in [1.807, 2.05) is 0 Å². The number of rotatable bonds is 4. The molecule has 2 saturated heterocycles. The molecule has 7 heteroatoms. The van der Waals surface area contributed by atoms with Crippen LogP contribution in [0.5, 0.6) is 0 Å². The van der Waals surface area contributed by atoms with Gasteiger partial charge in [-0.1, -0.05) is 38.0 Å². The highest BCUT2D eigenvalue weighted by atomic mass is 32.1. The molecule has 6 nitrogen and oxygen atoms in total. The second kappa shape index (κ2) is 5.95. The highest BCUT2D eigenvalue weighted by molar-refractivity contribution is 7.15. The Balaban J connectivity index is 1.53. The molecule has 3 fully saturated rings. The molecule has 0 unspecified atom stereocenters. The van der Waals surface area contributed by atoms with Gasteiger partial charge in [-0.05, 0) is 12.8 Å². The van der Waals surface area contributed by atoms with Crippen LogP contribution in [0.3, 0.4) is 0 Å². The van der Waals surface area contributed by atoms with Gasteiger partial charge in [0.05, 0.1) is 0 Å². The number of carbonyl (C=O) groups is 1. The van der Waals surface area contributed by atoms with Crippen LogP contribution in [-0.2, 0) is 4.79 Å². The zero-order valence-electron chi connectivity index (χ0n) is 14.4. The van der Waals surface area contributed by atoms with Gasteiger partial charge in [0.1, 0.15) is 10.4 Å². The Labute approximate surface area is 146 Å². The van der Waals surface area contributed by atoms with Crippen molar-refractivity contribution in [3.63, 3.8) is 0 Å². The standard InChI is InChI=1S/C17H26N4O2S/c1-11(2)14-18-19-16(24-14)21-8-12-7-20(13-5-3-4-6-13)9-17(12,10-21)15(22)23/h11-13H,3-10H2,1-2H3,(H,22,23)/t12-,17-/m0/s1. The molecule has 3 heterocycles. The fourth-order valence-electron chi connectivity index (χ4n) is 4.69. The molecule has 4 rings (SSSR count). The lowest BCUT2D eigenvalue weighted by Crippen LogP contribution is -2.42. The summed E-state index contributed by atoms with van der Waals surface area (Å²) in [6, 6.07) is 0.606. The van der Waals surface area contributed by atoms with Crippen LogP contribution >= 0.6 is 11.3 Å². The van der Waals surface area contributed by atoms with Crippen molar-refractivity contribution in [1.29, 1.82) is 0 Å². The maximum Gasteiger partial charge on any atom is 0.313 e. The fraction of sp³-hybridized carbons (Fsp3) is 0.824. The lowest BCUT2D eigenvalue weighted by molar-refractivity contribution is -0.148. The summed E-state index contributed by atoms with van der Waals surface area (Å²) in [6.07, 6.45) is 5.06. The van der Waals surface area contributed by atoms with Crippen molar-refractivity contribution in [3.8, 4) is 0 Å². The Kier molecular flexibility index (Phi) is 4.03. The van der Waals surface area contributed by atoms with Gasteiger partial charge in [-0.25, -0.2) is 0 Å². The van der Waals surface area contributed by atoms with E-state index in [1.54, 1.807) is 11.3 Å². The van der Waals surface area contributed by atoms with Crippen molar-refractivity contribution >= 4 is 22.4 Å². The molecule has 1 aliphatic carbocycles. The molecule has 24 heavy (non-hydrogen) atoms. The summed E-state index contributed by atoms with van der Waals surface area (Å²) in [7, 11) is 0. The second-order valence-corrected chi connectivity index (χ2v) is 8.97. The van der Waals surface area contributed by atoms with E-state index in [2.05, 4.69) is 33.8 Å². The fourth-order valence-corrected chi connectivity index (χ4v) is 5.54. The van der Waals surface area contributed by atoms with Crippen LogP contribution in [-0.4, -0.2) is 58.4 Å². The van der Waals surface area contributed by atoms with E-state index in [4.69, 9.17) is 0 Å². The first-order valence-corrected chi connectivity index (χ1v) is 9.87. The third-order valence-electron chi connectivity index (χ3n) is 6.10. The predicted octanol–water partition coefficient (Wildman–Crippen LogP) is 2.43. The lowest BCUT2D eigenvalue weighted by Gasteiger charge is -2.28. The first-order chi connectivity index (χ1) is 11.5. The number of aromatic nitrogens is 2. The topological polar surface area (TPSA) is 69.6 Å². The zero-order valence-corrected chi connectivity index (χ0v) is 15.3. The number of hydrogen-bond acceptors (Lipinski definition) is 6. The van der Waals surface area contributed by atoms with Crippen LogP contribution in [0.2, 0.25) is 0 Å². The Morgan fingerprint density at radius 3 is 2.58 bits per heavy atom. The molecule has 132 valence electrons. The quantitative estimate of drug-likeness (QED) is 0.899. The molecule has 0 aromatic carbocycles. The highest BCUT2D eigenvalue weighted by Gasteiger charge is 2.59. The largest absolute Gasteiger partial charge is 0.481 e. The molecule has 1 aromatic rings. The monoisotopic (exact) mass is 350 g/mol. The number of carboxylic acid groups (broad SMARTS) is 1. The van der Waals surface area contributed by atoms with Gasteiger partial charge in [0.15, 0.2) is 0 Å². The maximum atomic E-state index is 12.2. The molecular weight excluding hydrogens is 324 g/mol. The number of hydrogen-bond donors (Lipinski definition) is 1. The number of fused-ring (bicyclic) bond motifs is 1. The molecule has 1 aromatic heterocycles. The summed E-state index contributed by atoms with van der Waals surface area (Å²) in [4.78, 5) is 16.8. The summed E-state index contributed by atoms with van der Waals surface area (Å²) < 4.78 is 0. The van der Waals surface area contributed by atoms with E-state index in [1.165, 1.54) is 25.7 Å². The van der Waals surface area contributed by atoms with Crippen molar-refractivity contribution in [2.45, 2.75) is 51.5 Å². The summed E-state index contributed by atoms with van der Waals surface area (Å²) in [5.41, 5.74) is -0.633. The molecule has 2 atom stereocenters.